The molecular weight excluding hydrogens is 282 g/mol. The summed E-state index contributed by atoms with van der Waals surface area (Å²) in [5, 5.41) is 2.87. The van der Waals surface area contributed by atoms with Crippen LogP contribution in [0.25, 0.3) is 11.1 Å². The van der Waals surface area contributed by atoms with E-state index in [0.29, 0.717) is 23.7 Å². The molecule has 1 aromatic heterocycles. The number of rotatable bonds is 3. The van der Waals surface area contributed by atoms with Crippen molar-refractivity contribution in [2.75, 3.05) is 18.9 Å². The summed E-state index contributed by atoms with van der Waals surface area (Å²) in [6.07, 6.45) is 2.55. The van der Waals surface area contributed by atoms with Crippen LogP contribution in [0, 0.1) is 5.92 Å². The second kappa shape index (κ2) is 4.83. The number of carbonyl (C=O) groups is 2. The summed E-state index contributed by atoms with van der Waals surface area (Å²) in [6, 6.07) is 5.47. The number of oxazole rings is 1. The van der Waals surface area contributed by atoms with Crippen LogP contribution in [0.15, 0.2) is 22.6 Å². The van der Waals surface area contributed by atoms with Gasteiger partial charge in [-0.3, -0.25) is 9.59 Å². The summed E-state index contributed by atoms with van der Waals surface area (Å²) in [4.78, 5) is 29.8. The molecule has 0 bridgehead atoms. The second-order valence-corrected chi connectivity index (χ2v) is 6.17. The van der Waals surface area contributed by atoms with Gasteiger partial charge in [0.2, 0.25) is 11.8 Å². The van der Waals surface area contributed by atoms with Crippen LogP contribution in [0.3, 0.4) is 0 Å². The first-order valence-corrected chi connectivity index (χ1v) is 7.55. The maximum absolute atomic E-state index is 12.2. The van der Waals surface area contributed by atoms with Crippen molar-refractivity contribution in [2.24, 2.45) is 5.92 Å². The van der Waals surface area contributed by atoms with Gasteiger partial charge in [0.05, 0.1) is 5.92 Å². The lowest BCUT2D eigenvalue weighted by molar-refractivity contribution is -0.127. The SMILES string of the molecule is CN1CC(C(=O)Nc2ccc3nc(C4CC4)oc3c2)CC1=O. The smallest absolute Gasteiger partial charge is 0.229 e. The average molecular weight is 299 g/mol. The zero-order valence-electron chi connectivity index (χ0n) is 12.3. The summed E-state index contributed by atoms with van der Waals surface area (Å²) in [5.41, 5.74) is 2.19. The highest BCUT2D eigenvalue weighted by Gasteiger charge is 2.32. The molecule has 1 unspecified atom stereocenters. The third-order valence-corrected chi connectivity index (χ3v) is 4.31. The van der Waals surface area contributed by atoms with Crippen molar-refractivity contribution >= 4 is 28.6 Å². The summed E-state index contributed by atoms with van der Waals surface area (Å²) >= 11 is 0. The first-order valence-electron chi connectivity index (χ1n) is 7.55. The predicted octanol–water partition coefficient (Wildman–Crippen LogP) is 2.12. The Labute approximate surface area is 127 Å². The fraction of sp³-hybridized carbons (Fsp3) is 0.438. The minimum Gasteiger partial charge on any atom is -0.440 e. The van der Waals surface area contributed by atoms with E-state index >= 15 is 0 Å². The maximum Gasteiger partial charge on any atom is 0.229 e. The number of hydrogen-bond acceptors (Lipinski definition) is 4. The molecular formula is C16H17N3O3. The second-order valence-electron chi connectivity index (χ2n) is 6.17. The highest BCUT2D eigenvalue weighted by atomic mass is 16.3. The topological polar surface area (TPSA) is 75.4 Å². The standard InChI is InChI=1S/C16H17N3O3/c1-19-8-10(6-14(19)20)15(21)17-11-4-5-12-13(7-11)22-16(18-12)9-2-3-9/h4-5,7,9-10H,2-3,6,8H2,1H3,(H,17,21). The van der Waals surface area contributed by atoms with E-state index in [1.165, 1.54) is 0 Å². The van der Waals surface area contributed by atoms with Crippen LogP contribution in [0.2, 0.25) is 0 Å². The van der Waals surface area contributed by atoms with E-state index in [1.807, 2.05) is 12.1 Å². The molecule has 1 aromatic carbocycles. The molecule has 114 valence electrons. The van der Waals surface area contributed by atoms with Crippen LogP contribution in [-0.4, -0.2) is 35.3 Å². The van der Waals surface area contributed by atoms with Gasteiger partial charge >= 0.3 is 0 Å². The molecule has 0 spiro atoms. The van der Waals surface area contributed by atoms with E-state index < -0.39 is 0 Å². The van der Waals surface area contributed by atoms with Crippen LogP contribution in [-0.2, 0) is 9.59 Å². The largest absolute Gasteiger partial charge is 0.440 e. The Bertz CT molecular complexity index is 763. The molecule has 1 aliphatic carbocycles. The number of amides is 2. The van der Waals surface area contributed by atoms with Crippen molar-refractivity contribution < 1.29 is 14.0 Å². The number of nitrogens with one attached hydrogen (secondary N) is 1. The third kappa shape index (κ3) is 2.34. The van der Waals surface area contributed by atoms with Gasteiger partial charge in [-0.15, -0.1) is 0 Å². The van der Waals surface area contributed by atoms with Gasteiger partial charge in [-0.1, -0.05) is 0 Å². The van der Waals surface area contributed by atoms with E-state index in [0.717, 1.165) is 24.2 Å². The van der Waals surface area contributed by atoms with Gasteiger partial charge in [0.1, 0.15) is 5.52 Å². The molecule has 4 rings (SSSR count). The summed E-state index contributed by atoms with van der Waals surface area (Å²) < 4.78 is 5.75. The fourth-order valence-electron chi connectivity index (χ4n) is 2.81. The van der Waals surface area contributed by atoms with Gasteiger partial charge in [-0.25, -0.2) is 4.98 Å². The van der Waals surface area contributed by atoms with Crippen LogP contribution in [0.4, 0.5) is 5.69 Å². The highest BCUT2D eigenvalue weighted by Crippen LogP contribution is 2.40. The summed E-state index contributed by atoms with van der Waals surface area (Å²) in [7, 11) is 1.72. The molecule has 1 saturated carbocycles. The van der Waals surface area contributed by atoms with E-state index in [9.17, 15) is 9.59 Å². The van der Waals surface area contributed by atoms with Crippen molar-refractivity contribution in [1.29, 1.82) is 0 Å². The summed E-state index contributed by atoms with van der Waals surface area (Å²) in [5.74, 6) is 0.857. The van der Waals surface area contributed by atoms with Crippen molar-refractivity contribution in [3.05, 3.63) is 24.1 Å². The van der Waals surface area contributed by atoms with Crippen molar-refractivity contribution in [2.45, 2.75) is 25.2 Å². The number of fused-ring (bicyclic) bond motifs is 1. The molecule has 1 saturated heterocycles. The molecule has 1 atom stereocenters. The van der Waals surface area contributed by atoms with Gasteiger partial charge in [0.15, 0.2) is 11.5 Å². The van der Waals surface area contributed by atoms with Crippen molar-refractivity contribution in [3.8, 4) is 0 Å². The molecule has 6 nitrogen and oxygen atoms in total. The quantitative estimate of drug-likeness (QED) is 0.942. The minimum atomic E-state index is -0.287. The van der Waals surface area contributed by atoms with Crippen LogP contribution in [0.5, 0.6) is 0 Å². The number of hydrogen-bond donors (Lipinski definition) is 1. The lowest BCUT2D eigenvalue weighted by atomic mass is 10.1. The van der Waals surface area contributed by atoms with Crippen LogP contribution >= 0.6 is 0 Å². The summed E-state index contributed by atoms with van der Waals surface area (Å²) in [6.45, 7) is 0.473. The fourth-order valence-corrected chi connectivity index (χ4v) is 2.81. The van der Waals surface area contributed by atoms with Gasteiger partial charge in [0, 0.05) is 37.7 Å². The lowest BCUT2D eigenvalue weighted by Gasteiger charge is -2.10. The first kappa shape index (κ1) is 13.3. The normalized spacial score (nSPS) is 21.6. The monoisotopic (exact) mass is 299 g/mol. The van der Waals surface area contributed by atoms with Crippen molar-refractivity contribution in [3.63, 3.8) is 0 Å². The number of benzene rings is 1. The Morgan fingerprint density at radius 1 is 1.41 bits per heavy atom. The molecule has 2 heterocycles. The Morgan fingerprint density at radius 2 is 2.23 bits per heavy atom. The molecule has 1 N–H and O–H groups in total. The van der Waals surface area contributed by atoms with E-state index in [4.69, 9.17) is 4.42 Å². The lowest BCUT2D eigenvalue weighted by Crippen LogP contribution is -2.25. The molecule has 2 fully saturated rings. The number of nitrogens with zero attached hydrogens (tertiary/aromatic N) is 2. The first-order chi connectivity index (χ1) is 10.6. The van der Waals surface area contributed by atoms with Gasteiger partial charge in [0.25, 0.3) is 0 Å². The van der Waals surface area contributed by atoms with Crippen molar-refractivity contribution in [1.82, 2.24) is 9.88 Å². The Balaban J connectivity index is 1.51. The number of likely N-dealkylation sites (tertiary alicyclic amines) is 1. The molecule has 2 aromatic rings. The molecule has 0 radical (unpaired) electrons. The number of anilines is 1. The van der Waals surface area contributed by atoms with Gasteiger partial charge in [-0.05, 0) is 25.0 Å². The zero-order chi connectivity index (χ0) is 15.3. The van der Waals surface area contributed by atoms with Gasteiger partial charge < -0.3 is 14.6 Å². The highest BCUT2D eigenvalue weighted by molar-refractivity contribution is 5.98. The van der Waals surface area contributed by atoms with E-state index in [2.05, 4.69) is 10.3 Å². The minimum absolute atomic E-state index is 0.0138. The Kier molecular flexibility index (Phi) is 2.92. The van der Waals surface area contributed by atoms with E-state index in [-0.39, 0.29) is 24.2 Å². The van der Waals surface area contributed by atoms with E-state index in [1.54, 1.807) is 18.0 Å². The zero-order valence-corrected chi connectivity index (χ0v) is 12.3. The molecule has 2 aliphatic rings. The molecule has 1 aliphatic heterocycles. The molecule has 2 amide bonds. The molecule has 6 heteroatoms. The molecule has 22 heavy (non-hydrogen) atoms. The third-order valence-electron chi connectivity index (χ3n) is 4.31. The van der Waals surface area contributed by atoms with Crippen LogP contribution in [0.1, 0.15) is 31.1 Å². The van der Waals surface area contributed by atoms with Crippen LogP contribution < -0.4 is 5.32 Å². The Hall–Kier alpha value is -2.37. The average Bonchev–Trinajstić information content (AvgIpc) is 3.17. The number of carbonyl (C=O) groups excluding carboxylic acids is 2. The number of aromatic nitrogens is 1. The predicted molar refractivity (Wildman–Crippen MR) is 80.4 cm³/mol. The maximum atomic E-state index is 12.2. The Morgan fingerprint density at radius 3 is 2.91 bits per heavy atom. The van der Waals surface area contributed by atoms with Gasteiger partial charge in [-0.2, -0.15) is 0 Å².